The Kier molecular flexibility index (Phi) is 2.89. The van der Waals surface area contributed by atoms with Crippen molar-refractivity contribution >= 4 is 7.85 Å². The molecule has 0 amide bonds. The summed E-state index contributed by atoms with van der Waals surface area (Å²) in [5.74, 6) is 0.469. The molecular weight excluding hydrogens is 183 g/mol. The van der Waals surface area contributed by atoms with E-state index in [-0.39, 0.29) is 16.9 Å². The van der Waals surface area contributed by atoms with Crippen LogP contribution < -0.4 is 11.5 Å². The van der Waals surface area contributed by atoms with Gasteiger partial charge in [0, 0.05) is 11.6 Å². The summed E-state index contributed by atoms with van der Waals surface area (Å²) < 4.78 is 0. The Morgan fingerprint density at radius 2 is 2.07 bits per heavy atom. The van der Waals surface area contributed by atoms with Crippen molar-refractivity contribution in [2.24, 2.45) is 17.4 Å². The summed E-state index contributed by atoms with van der Waals surface area (Å²) in [5, 5.41) is -0.0800. The molecule has 2 rings (SSSR count). The van der Waals surface area contributed by atoms with Crippen LogP contribution >= 0.6 is 0 Å². The van der Waals surface area contributed by atoms with E-state index in [9.17, 15) is 0 Å². The number of hydrogen-bond donors (Lipinski definition) is 2. The largest absolute Gasteiger partial charge is 0.328 e. The van der Waals surface area contributed by atoms with E-state index in [1.807, 2.05) is 0 Å². The van der Waals surface area contributed by atoms with Gasteiger partial charge in [0.15, 0.2) is 0 Å². The van der Waals surface area contributed by atoms with Crippen LogP contribution in [0.3, 0.4) is 0 Å². The molecule has 4 atom stereocenters. The van der Waals surface area contributed by atoms with Crippen molar-refractivity contribution in [3.05, 3.63) is 0 Å². The van der Waals surface area contributed by atoms with Crippen molar-refractivity contribution < 1.29 is 0 Å². The number of nitrogens with two attached hydrogens (primary N) is 2. The molecule has 0 aromatic rings. The maximum absolute atomic E-state index is 6.54. The topological polar surface area (TPSA) is 52.0 Å². The third kappa shape index (κ3) is 1.85. The van der Waals surface area contributed by atoms with Gasteiger partial charge in [0.2, 0.25) is 0 Å². The van der Waals surface area contributed by atoms with Crippen LogP contribution in [0.15, 0.2) is 0 Å². The van der Waals surface area contributed by atoms with E-state index in [1.54, 1.807) is 0 Å². The van der Waals surface area contributed by atoms with Gasteiger partial charge in [-0.1, -0.05) is 31.5 Å². The molecule has 2 aliphatic rings. The zero-order chi connectivity index (χ0) is 11.1. The van der Waals surface area contributed by atoms with Crippen LogP contribution in [-0.2, 0) is 0 Å². The summed E-state index contributed by atoms with van der Waals surface area (Å²) in [7, 11) is 6.54. The van der Waals surface area contributed by atoms with Crippen molar-refractivity contribution in [3.8, 4) is 0 Å². The Morgan fingerprint density at radius 1 is 1.33 bits per heavy atom. The molecule has 15 heavy (non-hydrogen) atoms. The molecule has 0 aromatic carbocycles. The number of rotatable bonds is 1. The quantitative estimate of drug-likeness (QED) is 0.642. The molecule has 0 spiro atoms. The molecule has 4 N–H and O–H groups in total. The maximum Gasteiger partial charge on any atom is 0.0751 e. The van der Waals surface area contributed by atoms with E-state index < -0.39 is 0 Å². The monoisotopic (exact) mass is 206 g/mol. The van der Waals surface area contributed by atoms with Crippen molar-refractivity contribution in [2.45, 2.75) is 68.8 Å². The highest BCUT2D eigenvalue weighted by molar-refractivity contribution is 6.15. The molecule has 4 unspecified atom stereocenters. The molecule has 2 saturated carbocycles. The highest BCUT2D eigenvalue weighted by Gasteiger charge is 2.51. The summed E-state index contributed by atoms with van der Waals surface area (Å²) >= 11 is 0. The zero-order valence-electron chi connectivity index (χ0n) is 9.84. The second kappa shape index (κ2) is 3.78. The van der Waals surface area contributed by atoms with Crippen molar-refractivity contribution in [2.75, 3.05) is 0 Å². The van der Waals surface area contributed by atoms with Crippen molar-refractivity contribution in [1.82, 2.24) is 0 Å². The lowest BCUT2D eigenvalue weighted by molar-refractivity contribution is 0.211. The van der Waals surface area contributed by atoms with Gasteiger partial charge < -0.3 is 11.5 Å². The molecule has 0 heterocycles. The molecule has 0 saturated heterocycles. The van der Waals surface area contributed by atoms with E-state index >= 15 is 0 Å². The predicted molar refractivity (Wildman–Crippen MR) is 64.8 cm³/mol. The van der Waals surface area contributed by atoms with Gasteiger partial charge in [-0.3, -0.25) is 0 Å². The lowest BCUT2D eigenvalue weighted by Crippen LogP contribution is -2.48. The first-order valence-corrected chi connectivity index (χ1v) is 6.33. The molecule has 0 aliphatic heterocycles. The fraction of sp³-hybridized carbons (Fsp3) is 1.00. The molecule has 2 bridgehead atoms. The van der Waals surface area contributed by atoms with Gasteiger partial charge in [0.25, 0.3) is 0 Å². The van der Waals surface area contributed by atoms with E-state index in [1.165, 1.54) is 6.42 Å². The second-order valence-corrected chi connectivity index (χ2v) is 5.78. The fourth-order valence-electron chi connectivity index (χ4n) is 4.03. The van der Waals surface area contributed by atoms with Gasteiger partial charge in [-0.05, 0) is 31.6 Å². The Bertz CT molecular complexity index is 246. The van der Waals surface area contributed by atoms with Gasteiger partial charge in [-0.25, -0.2) is 0 Å². The van der Waals surface area contributed by atoms with E-state index in [2.05, 4.69) is 6.92 Å². The summed E-state index contributed by atoms with van der Waals surface area (Å²) in [6.07, 6.45) is 7.59. The van der Waals surface area contributed by atoms with Crippen LogP contribution in [0.1, 0.15) is 51.9 Å². The lowest BCUT2D eigenvalue weighted by Gasteiger charge is -2.43. The molecular formula is C12H23BN2. The zero-order valence-corrected chi connectivity index (χ0v) is 9.84. The van der Waals surface area contributed by atoms with E-state index in [0.717, 1.165) is 38.5 Å². The van der Waals surface area contributed by atoms with Gasteiger partial charge in [-0.2, -0.15) is 0 Å². The van der Waals surface area contributed by atoms with Crippen LogP contribution in [0, 0.1) is 5.92 Å². The number of hydrogen-bond acceptors (Lipinski definition) is 2. The third-order valence-corrected chi connectivity index (χ3v) is 4.71. The highest BCUT2D eigenvalue weighted by Crippen LogP contribution is 2.58. The summed E-state index contributed by atoms with van der Waals surface area (Å²) in [5.41, 5.74) is 12.7. The van der Waals surface area contributed by atoms with Crippen molar-refractivity contribution in [3.63, 3.8) is 0 Å². The Morgan fingerprint density at radius 3 is 2.73 bits per heavy atom. The average molecular weight is 206 g/mol. The minimum Gasteiger partial charge on any atom is -0.328 e. The Hall–Kier alpha value is -0.0151. The van der Waals surface area contributed by atoms with Crippen LogP contribution in [0.4, 0.5) is 0 Å². The van der Waals surface area contributed by atoms with Gasteiger partial charge >= 0.3 is 0 Å². The SMILES string of the molecule is [B]C12CCC(N)(CCCC(N)C1)C2CC. The second-order valence-electron chi connectivity index (χ2n) is 5.78. The van der Waals surface area contributed by atoms with E-state index in [4.69, 9.17) is 19.3 Å². The Labute approximate surface area is 94.6 Å². The normalized spacial score (nSPS) is 51.1. The molecule has 84 valence electrons. The fourth-order valence-corrected chi connectivity index (χ4v) is 4.03. The first-order valence-electron chi connectivity index (χ1n) is 6.33. The molecule has 2 fully saturated rings. The minimum atomic E-state index is -0.0800. The van der Waals surface area contributed by atoms with Crippen LogP contribution in [-0.4, -0.2) is 19.4 Å². The number of fused-ring (bicyclic) bond motifs is 2. The molecule has 2 nitrogen and oxygen atoms in total. The third-order valence-electron chi connectivity index (χ3n) is 4.71. The molecule has 0 aromatic heterocycles. The molecule has 2 radical (unpaired) electrons. The minimum absolute atomic E-state index is 0.00361. The Balaban J connectivity index is 2.26. The summed E-state index contributed by atoms with van der Waals surface area (Å²) in [4.78, 5) is 0. The highest BCUT2D eigenvalue weighted by atomic mass is 14.8. The first-order chi connectivity index (χ1) is 7.00. The van der Waals surface area contributed by atoms with E-state index in [0.29, 0.717) is 5.92 Å². The summed E-state index contributed by atoms with van der Waals surface area (Å²) in [6.45, 7) is 2.21. The van der Waals surface area contributed by atoms with Gasteiger partial charge in [0.1, 0.15) is 0 Å². The first kappa shape index (κ1) is 11.5. The van der Waals surface area contributed by atoms with Gasteiger partial charge in [-0.15, -0.1) is 0 Å². The van der Waals surface area contributed by atoms with Crippen LogP contribution in [0.25, 0.3) is 0 Å². The van der Waals surface area contributed by atoms with Crippen LogP contribution in [0.2, 0.25) is 5.31 Å². The van der Waals surface area contributed by atoms with Gasteiger partial charge in [0.05, 0.1) is 7.85 Å². The van der Waals surface area contributed by atoms with Crippen LogP contribution in [0.5, 0.6) is 0 Å². The lowest BCUT2D eigenvalue weighted by atomic mass is 9.55. The summed E-state index contributed by atoms with van der Waals surface area (Å²) in [6, 6.07) is 0.284. The standard InChI is InChI=1S/C12H23BN2/c1-2-10-11(13)6-7-12(10,15)5-3-4-9(14)8-11/h9-10H,2-8,14-15H2,1H3. The average Bonchev–Trinajstić information content (AvgIpc) is 2.39. The predicted octanol–water partition coefficient (Wildman–Crippen LogP) is 1.73. The maximum atomic E-state index is 6.54. The molecule has 3 heteroatoms. The smallest absolute Gasteiger partial charge is 0.0751 e. The molecule has 2 aliphatic carbocycles. The van der Waals surface area contributed by atoms with Crippen molar-refractivity contribution in [1.29, 1.82) is 0 Å².